The first kappa shape index (κ1) is 16.6. The Kier molecular flexibility index (Phi) is 6.58. The van der Waals surface area contributed by atoms with Crippen LogP contribution in [0, 0.1) is 0 Å². The van der Waals surface area contributed by atoms with E-state index in [1.165, 1.54) is 0 Å². The lowest BCUT2D eigenvalue weighted by molar-refractivity contribution is 0.141. The number of hydrogen-bond acceptors (Lipinski definition) is 5. The second kappa shape index (κ2) is 7.94. The topological polar surface area (TPSA) is 48.8 Å². The van der Waals surface area contributed by atoms with Crippen molar-refractivity contribution in [1.29, 1.82) is 0 Å². The second-order valence-electron chi connectivity index (χ2n) is 4.32. The maximum atomic E-state index is 9.27. The molecule has 5 nitrogen and oxygen atoms in total. The van der Waals surface area contributed by atoms with Gasteiger partial charge in [-0.25, -0.2) is 4.98 Å². The lowest BCUT2D eigenvalue weighted by Crippen LogP contribution is -2.51. The molecule has 5 heteroatoms. The molecular formula is C15H27N3O2. The van der Waals surface area contributed by atoms with Gasteiger partial charge < -0.3 is 19.6 Å². The molecule has 0 saturated carbocycles. The van der Waals surface area contributed by atoms with E-state index in [-0.39, 0.29) is 6.10 Å². The molecule has 1 aromatic heterocycles. The summed E-state index contributed by atoms with van der Waals surface area (Å²) in [5, 5.41) is 9.27. The third-order valence-electron chi connectivity index (χ3n) is 3.06. The summed E-state index contributed by atoms with van der Waals surface area (Å²) in [6.45, 7) is 10.9. The molecule has 0 radical (unpaired) electrons. The quantitative estimate of drug-likeness (QED) is 0.854. The van der Waals surface area contributed by atoms with E-state index in [1.807, 2.05) is 46.9 Å². The Morgan fingerprint density at radius 1 is 1.20 bits per heavy atom. The number of β-amino-alcohol motifs (C(OH)–C–C–N with tert-alkyl or cyclic N) is 1. The Labute approximate surface area is 122 Å². The van der Waals surface area contributed by atoms with Crippen molar-refractivity contribution in [2.75, 3.05) is 43.1 Å². The number of fused-ring (bicyclic) bond motifs is 1. The molecule has 0 bridgehead atoms. The molecule has 0 aromatic carbocycles. The maximum absolute atomic E-state index is 9.27. The summed E-state index contributed by atoms with van der Waals surface area (Å²) in [5.41, 5.74) is 0. The van der Waals surface area contributed by atoms with E-state index in [0.717, 1.165) is 23.9 Å². The molecular weight excluding hydrogens is 254 g/mol. The number of nitrogens with zero attached hydrogens (tertiary/aromatic N) is 3. The van der Waals surface area contributed by atoms with E-state index in [1.54, 1.807) is 0 Å². The summed E-state index contributed by atoms with van der Waals surface area (Å²) in [4.78, 5) is 8.73. The van der Waals surface area contributed by atoms with Gasteiger partial charge in [0.1, 0.15) is 12.4 Å². The minimum absolute atomic E-state index is 0.202. The van der Waals surface area contributed by atoms with E-state index >= 15 is 0 Å². The van der Waals surface area contributed by atoms with Crippen molar-refractivity contribution in [2.45, 2.75) is 33.8 Å². The molecule has 1 saturated heterocycles. The van der Waals surface area contributed by atoms with Crippen LogP contribution in [0.15, 0.2) is 12.1 Å². The molecule has 0 atom stereocenters. The molecule has 0 aliphatic carbocycles. The number of hydrogen-bond donors (Lipinski definition) is 1. The Morgan fingerprint density at radius 2 is 1.85 bits per heavy atom. The van der Waals surface area contributed by atoms with Gasteiger partial charge >= 0.3 is 0 Å². The number of aliphatic hydroxyl groups is 1. The van der Waals surface area contributed by atoms with Crippen LogP contribution in [0.25, 0.3) is 0 Å². The Balaban J connectivity index is 0.000000461. The van der Waals surface area contributed by atoms with Gasteiger partial charge in [-0.15, -0.1) is 0 Å². The first-order chi connectivity index (χ1) is 9.74. The Bertz CT molecular complexity index is 406. The standard InChI is InChI=1S/C11H15N3O2.2C2H6/c1-13-4-5-16-9-2-3-10(12-11(9)13)14-6-8(15)7-14;2*1-2/h2-3,8,15H,4-7H2,1H3;2*1-2H3. The van der Waals surface area contributed by atoms with Gasteiger partial charge in [0.05, 0.1) is 12.6 Å². The van der Waals surface area contributed by atoms with Crippen molar-refractivity contribution in [3.63, 3.8) is 0 Å². The first-order valence-corrected chi connectivity index (χ1v) is 7.52. The van der Waals surface area contributed by atoms with Crippen molar-refractivity contribution in [3.05, 3.63) is 12.1 Å². The SMILES string of the molecule is CC.CC.CN1CCOc2ccc(N3CC(O)C3)nc21. The molecule has 1 fully saturated rings. The van der Waals surface area contributed by atoms with Crippen LogP contribution in [0.4, 0.5) is 11.6 Å². The van der Waals surface area contributed by atoms with E-state index in [4.69, 9.17) is 4.74 Å². The van der Waals surface area contributed by atoms with E-state index < -0.39 is 0 Å². The highest BCUT2D eigenvalue weighted by Crippen LogP contribution is 2.31. The number of rotatable bonds is 1. The lowest BCUT2D eigenvalue weighted by Gasteiger charge is -2.37. The largest absolute Gasteiger partial charge is 0.488 e. The zero-order valence-electron chi connectivity index (χ0n) is 13.3. The zero-order chi connectivity index (χ0) is 15.1. The minimum atomic E-state index is -0.202. The van der Waals surface area contributed by atoms with Crippen molar-refractivity contribution in [2.24, 2.45) is 0 Å². The van der Waals surface area contributed by atoms with Gasteiger partial charge in [-0.2, -0.15) is 0 Å². The van der Waals surface area contributed by atoms with E-state index in [2.05, 4.69) is 14.8 Å². The van der Waals surface area contributed by atoms with Crippen molar-refractivity contribution in [1.82, 2.24) is 4.98 Å². The van der Waals surface area contributed by atoms with Crippen LogP contribution in [-0.2, 0) is 0 Å². The van der Waals surface area contributed by atoms with Crippen LogP contribution in [0.2, 0.25) is 0 Å². The molecule has 3 rings (SSSR count). The highest BCUT2D eigenvalue weighted by atomic mass is 16.5. The third kappa shape index (κ3) is 3.54. The highest BCUT2D eigenvalue weighted by molar-refractivity contribution is 5.59. The van der Waals surface area contributed by atoms with Gasteiger partial charge in [0.25, 0.3) is 0 Å². The van der Waals surface area contributed by atoms with Crippen molar-refractivity contribution >= 4 is 11.6 Å². The molecule has 0 spiro atoms. The summed E-state index contributed by atoms with van der Waals surface area (Å²) < 4.78 is 5.53. The van der Waals surface area contributed by atoms with Crippen LogP contribution < -0.4 is 14.5 Å². The smallest absolute Gasteiger partial charge is 0.173 e. The first-order valence-electron chi connectivity index (χ1n) is 7.52. The number of anilines is 2. The summed E-state index contributed by atoms with van der Waals surface area (Å²) in [6.07, 6.45) is -0.202. The average Bonchev–Trinajstić information content (AvgIpc) is 2.48. The van der Waals surface area contributed by atoms with Crippen LogP contribution in [-0.4, -0.2) is 49.5 Å². The van der Waals surface area contributed by atoms with E-state index in [0.29, 0.717) is 19.7 Å². The monoisotopic (exact) mass is 281 g/mol. The Morgan fingerprint density at radius 3 is 2.45 bits per heavy atom. The summed E-state index contributed by atoms with van der Waals surface area (Å²) in [5.74, 6) is 2.66. The number of pyridine rings is 1. The van der Waals surface area contributed by atoms with Crippen LogP contribution in [0.1, 0.15) is 27.7 Å². The summed E-state index contributed by atoms with van der Waals surface area (Å²) in [6, 6.07) is 3.90. The highest BCUT2D eigenvalue weighted by Gasteiger charge is 2.27. The summed E-state index contributed by atoms with van der Waals surface area (Å²) in [7, 11) is 2.02. The minimum Gasteiger partial charge on any atom is -0.488 e. The number of likely N-dealkylation sites (N-methyl/N-ethyl adjacent to an activating group) is 1. The van der Waals surface area contributed by atoms with Gasteiger partial charge in [-0.05, 0) is 12.1 Å². The fourth-order valence-corrected chi connectivity index (χ4v) is 2.03. The van der Waals surface area contributed by atoms with Gasteiger partial charge in [0, 0.05) is 20.1 Å². The van der Waals surface area contributed by atoms with Crippen LogP contribution in [0.3, 0.4) is 0 Å². The summed E-state index contributed by atoms with van der Waals surface area (Å²) >= 11 is 0. The molecule has 20 heavy (non-hydrogen) atoms. The Hall–Kier alpha value is -1.49. The van der Waals surface area contributed by atoms with Crippen LogP contribution >= 0.6 is 0 Å². The molecule has 3 heterocycles. The number of aliphatic hydroxyl groups excluding tert-OH is 1. The number of ether oxygens (including phenoxy) is 1. The zero-order valence-corrected chi connectivity index (χ0v) is 13.3. The van der Waals surface area contributed by atoms with Crippen molar-refractivity contribution < 1.29 is 9.84 Å². The molecule has 0 unspecified atom stereocenters. The predicted molar refractivity (Wildman–Crippen MR) is 83.9 cm³/mol. The third-order valence-corrected chi connectivity index (χ3v) is 3.06. The maximum Gasteiger partial charge on any atom is 0.173 e. The van der Waals surface area contributed by atoms with Crippen LogP contribution in [0.5, 0.6) is 5.75 Å². The number of aromatic nitrogens is 1. The van der Waals surface area contributed by atoms with Gasteiger partial charge in [-0.3, -0.25) is 0 Å². The molecule has 1 N–H and O–H groups in total. The molecule has 1 aromatic rings. The van der Waals surface area contributed by atoms with Gasteiger partial charge in [0.2, 0.25) is 0 Å². The average molecular weight is 281 g/mol. The predicted octanol–water partition coefficient (Wildman–Crippen LogP) is 2.14. The normalized spacial score (nSPS) is 16.7. The fourth-order valence-electron chi connectivity index (χ4n) is 2.03. The van der Waals surface area contributed by atoms with Crippen molar-refractivity contribution in [3.8, 4) is 5.75 Å². The molecule has 2 aliphatic rings. The van der Waals surface area contributed by atoms with E-state index in [9.17, 15) is 5.11 Å². The molecule has 2 aliphatic heterocycles. The van der Waals surface area contributed by atoms with Gasteiger partial charge in [-0.1, -0.05) is 27.7 Å². The van der Waals surface area contributed by atoms with Gasteiger partial charge in [0.15, 0.2) is 11.6 Å². The second-order valence-corrected chi connectivity index (χ2v) is 4.32. The lowest BCUT2D eigenvalue weighted by atomic mass is 10.1. The molecule has 114 valence electrons. The fraction of sp³-hybridized carbons (Fsp3) is 0.667. The molecule has 0 amide bonds.